The number of hydrogen-bond donors (Lipinski definition) is 1. The highest BCUT2D eigenvalue weighted by molar-refractivity contribution is 6.05. The standard InChI is InChI=1S/C24H22FN3O.C3H8/c1-3-28(4-2)22-10-6-8-19(14-22)24(29)27-23-15-18(11-12-20(23)16-26)17-7-5-9-21(25)13-17;1-3-2/h5-15H,3-4H2,1-2H3,(H,27,29);3H2,1-2H3. The summed E-state index contributed by atoms with van der Waals surface area (Å²) >= 11 is 0. The first-order valence-corrected chi connectivity index (χ1v) is 10.9. The zero-order valence-corrected chi connectivity index (χ0v) is 19.2. The first kappa shape index (κ1) is 24.6. The summed E-state index contributed by atoms with van der Waals surface area (Å²) in [6.45, 7) is 10.1. The summed E-state index contributed by atoms with van der Waals surface area (Å²) in [7, 11) is 0. The van der Waals surface area contributed by atoms with E-state index >= 15 is 0 Å². The van der Waals surface area contributed by atoms with Crippen LogP contribution in [0.3, 0.4) is 0 Å². The van der Waals surface area contributed by atoms with Gasteiger partial charge in [0.1, 0.15) is 11.9 Å². The van der Waals surface area contributed by atoms with E-state index in [9.17, 15) is 14.4 Å². The lowest BCUT2D eigenvalue weighted by Gasteiger charge is -2.21. The quantitative estimate of drug-likeness (QED) is 0.463. The molecule has 0 aliphatic heterocycles. The summed E-state index contributed by atoms with van der Waals surface area (Å²) in [6.07, 6.45) is 1.25. The summed E-state index contributed by atoms with van der Waals surface area (Å²) in [4.78, 5) is 15.0. The van der Waals surface area contributed by atoms with Crippen molar-refractivity contribution in [1.82, 2.24) is 0 Å². The van der Waals surface area contributed by atoms with Gasteiger partial charge in [0.05, 0.1) is 11.3 Å². The van der Waals surface area contributed by atoms with Crippen LogP contribution in [0.4, 0.5) is 15.8 Å². The van der Waals surface area contributed by atoms with Gasteiger partial charge in [0, 0.05) is 24.3 Å². The number of hydrogen-bond acceptors (Lipinski definition) is 3. The molecular weight excluding hydrogens is 401 g/mol. The third-order valence-electron chi connectivity index (χ3n) is 4.78. The maximum atomic E-state index is 13.6. The number of carbonyl (C=O) groups excluding carboxylic acids is 1. The second kappa shape index (κ2) is 12.3. The third-order valence-corrected chi connectivity index (χ3v) is 4.78. The fraction of sp³-hybridized carbons (Fsp3) is 0.259. The van der Waals surface area contributed by atoms with Gasteiger partial charge in [-0.3, -0.25) is 4.79 Å². The Hall–Kier alpha value is -3.65. The Morgan fingerprint density at radius 3 is 2.22 bits per heavy atom. The maximum absolute atomic E-state index is 13.6. The largest absolute Gasteiger partial charge is 0.372 e. The van der Waals surface area contributed by atoms with Gasteiger partial charge in [-0.05, 0) is 67.4 Å². The molecule has 0 saturated carbocycles. The highest BCUT2D eigenvalue weighted by Gasteiger charge is 2.13. The molecule has 166 valence electrons. The Morgan fingerprint density at radius 2 is 1.59 bits per heavy atom. The van der Waals surface area contributed by atoms with E-state index in [0.717, 1.165) is 24.3 Å². The van der Waals surface area contributed by atoms with Crippen LogP contribution in [-0.4, -0.2) is 19.0 Å². The molecule has 0 aliphatic rings. The fourth-order valence-corrected chi connectivity index (χ4v) is 3.22. The number of benzene rings is 3. The summed E-state index contributed by atoms with van der Waals surface area (Å²) in [5.41, 5.74) is 3.61. The molecule has 0 atom stereocenters. The Balaban J connectivity index is 0.00000114. The van der Waals surface area contributed by atoms with Crippen molar-refractivity contribution < 1.29 is 9.18 Å². The van der Waals surface area contributed by atoms with Crippen molar-refractivity contribution in [3.8, 4) is 17.2 Å². The van der Waals surface area contributed by atoms with Crippen LogP contribution in [0.2, 0.25) is 0 Å². The second-order valence-corrected chi connectivity index (χ2v) is 7.27. The molecule has 0 fully saturated rings. The molecule has 5 heteroatoms. The topological polar surface area (TPSA) is 56.1 Å². The molecule has 0 aromatic heterocycles. The zero-order valence-electron chi connectivity index (χ0n) is 19.2. The minimum Gasteiger partial charge on any atom is -0.372 e. The van der Waals surface area contributed by atoms with Gasteiger partial charge >= 0.3 is 0 Å². The Morgan fingerprint density at radius 1 is 0.938 bits per heavy atom. The lowest BCUT2D eigenvalue weighted by atomic mass is 10.0. The minimum absolute atomic E-state index is 0.299. The van der Waals surface area contributed by atoms with Crippen molar-refractivity contribution in [1.29, 1.82) is 5.26 Å². The van der Waals surface area contributed by atoms with Crippen LogP contribution >= 0.6 is 0 Å². The van der Waals surface area contributed by atoms with E-state index in [-0.39, 0.29) is 11.7 Å². The molecule has 0 heterocycles. The van der Waals surface area contributed by atoms with Gasteiger partial charge in [-0.15, -0.1) is 0 Å². The van der Waals surface area contributed by atoms with Crippen molar-refractivity contribution in [3.63, 3.8) is 0 Å². The smallest absolute Gasteiger partial charge is 0.255 e. The van der Waals surface area contributed by atoms with Crippen LogP contribution in [0.1, 0.15) is 50.0 Å². The predicted octanol–water partition coefficient (Wildman–Crippen LogP) is 6.88. The van der Waals surface area contributed by atoms with Crippen LogP contribution in [0.15, 0.2) is 66.7 Å². The van der Waals surface area contributed by atoms with E-state index in [1.54, 1.807) is 36.4 Å². The fourth-order valence-electron chi connectivity index (χ4n) is 3.22. The van der Waals surface area contributed by atoms with Gasteiger partial charge in [-0.1, -0.05) is 44.5 Å². The Bertz CT molecular complexity index is 1080. The number of nitrogens with zero attached hydrogens (tertiary/aromatic N) is 2. The first-order chi connectivity index (χ1) is 15.5. The number of amides is 1. The zero-order chi connectivity index (χ0) is 23.5. The van der Waals surface area contributed by atoms with Crippen LogP contribution in [0.25, 0.3) is 11.1 Å². The van der Waals surface area contributed by atoms with E-state index in [4.69, 9.17) is 0 Å². The van der Waals surface area contributed by atoms with Crippen LogP contribution in [-0.2, 0) is 0 Å². The predicted molar refractivity (Wildman–Crippen MR) is 130 cm³/mol. The minimum atomic E-state index is -0.342. The molecule has 0 saturated heterocycles. The van der Waals surface area contributed by atoms with Crippen molar-refractivity contribution in [2.45, 2.75) is 34.1 Å². The molecule has 32 heavy (non-hydrogen) atoms. The number of anilines is 2. The molecule has 3 aromatic rings. The lowest BCUT2D eigenvalue weighted by Crippen LogP contribution is -2.22. The number of rotatable bonds is 6. The normalized spacial score (nSPS) is 9.88. The number of nitrogens with one attached hydrogen (secondary N) is 1. The Labute approximate surface area is 190 Å². The third kappa shape index (κ3) is 6.42. The van der Waals surface area contributed by atoms with Gasteiger partial charge < -0.3 is 10.2 Å². The van der Waals surface area contributed by atoms with Crippen molar-refractivity contribution in [2.75, 3.05) is 23.3 Å². The van der Waals surface area contributed by atoms with E-state index < -0.39 is 0 Å². The summed E-state index contributed by atoms with van der Waals surface area (Å²) < 4.78 is 13.6. The molecule has 4 nitrogen and oxygen atoms in total. The van der Waals surface area contributed by atoms with Gasteiger partial charge in [0.25, 0.3) is 5.91 Å². The molecule has 3 rings (SSSR count). The van der Waals surface area contributed by atoms with Crippen LogP contribution < -0.4 is 10.2 Å². The van der Waals surface area contributed by atoms with Gasteiger partial charge in [0.15, 0.2) is 0 Å². The summed E-state index contributed by atoms with van der Waals surface area (Å²) in [5.74, 6) is -0.641. The molecule has 0 bridgehead atoms. The van der Waals surface area contributed by atoms with E-state index in [1.165, 1.54) is 18.6 Å². The Kier molecular flexibility index (Phi) is 9.43. The highest BCUT2D eigenvalue weighted by Crippen LogP contribution is 2.27. The molecule has 0 spiro atoms. The molecule has 1 N–H and O–H groups in total. The number of carbonyl (C=O) groups is 1. The molecular formula is C27H30FN3O. The highest BCUT2D eigenvalue weighted by atomic mass is 19.1. The van der Waals surface area contributed by atoms with Crippen molar-refractivity contribution in [2.24, 2.45) is 0 Å². The van der Waals surface area contributed by atoms with Gasteiger partial charge in [-0.2, -0.15) is 5.26 Å². The van der Waals surface area contributed by atoms with Crippen LogP contribution in [0.5, 0.6) is 0 Å². The average molecular weight is 432 g/mol. The SMILES string of the molecule is CCC.CCN(CC)c1cccc(C(=O)Nc2cc(-c3cccc(F)c3)ccc2C#N)c1. The van der Waals surface area contributed by atoms with Gasteiger partial charge in [0.2, 0.25) is 0 Å². The summed E-state index contributed by atoms with van der Waals surface area (Å²) in [5, 5.41) is 12.3. The summed E-state index contributed by atoms with van der Waals surface area (Å²) in [6, 6.07) is 20.7. The molecule has 1 amide bonds. The first-order valence-electron chi connectivity index (χ1n) is 10.9. The molecule has 3 aromatic carbocycles. The van der Waals surface area contributed by atoms with Crippen LogP contribution in [0, 0.1) is 17.1 Å². The number of halogens is 1. The average Bonchev–Trinajstić information content (AvgIpc) is 2.80. The molecule has 0 unspecified atom stereocenters. The second-order valence-electron chi connectivity index (χ2n) is 7.27. The van der Waals surface area contributed by atoms with Crippen molar-refractivity contribution in [3.05, 3.63) is 83.7 Å². The van der Waals surface area contributed by atoms with Crippen molar-refractivity contribution >= 4 is 17.3 Å². The molecule has 0 aliphatic carbocycles. The van der Waals surface area contributed by atoms with Gasteiger partial charge in [-0.25, -0.2) is 4.39 Å². The maximum Gasteiger partial charge on any atom is 0.255 e. The van der Waals surface area contributed by atoms with E-state index in [2.05, 4.69) is 44.0 Å². The lowest BCUT2D eigenvalue weighted by molar-refractivity contribution is 0.102. The van der Waals surface area contributed by atoms with E-state index in [1.807, 2.05) is 18.2 Å². The number of nitriles is 1. The van der Waals surface area contributed by atoms with E-state index in [0.29, 0.717) is 22.4 Å². The monoisotopic (exact) mass is 431 g/mol. The molecule has 0 radical (unpaired) electrons.